The SMILES string of the molecule is Cc1cccc(NC(=O)CN(C)C(=O)CCc2nc(-c3ccc(Cl)cc3)no2)c1C. The zero-order chi connectivity index (χ0) is 21.7. The van der Waals surface area contributed by atoms with Crippen LogP contribution < -0.4 is 5.32 Å². The van der Waals surface area contributed by atoms with Crippen LogP contribution in [0.1, 0.15) is 23.4 Å². The second kappa shape index (κ2) is 9.54. The first kappa shape index (κ1) is 21.5. The minimum atomic E-state index is -0.248. The highest BCUT2D eigenvalue weighted by Gasteiger charge is 2.16. The van der Waals surface area contributed by atoms with E-state index >= 15 is 0 Å². The summed E-state index contributed by atoms with van der Waals surface area (Å²) >= 11 is 5.88. The van der Waals surface area contributed by atoms with E-state index in [1.165, 1.54) is 4.90 Å². The highest BCUT2D eigenvalue weighted by atomic mass is 35.5. The van der Waals surface area contributed by atoms with Crippen molar-refractivity contribution in [1.82, 2.24) is 15.0 Å². The molecule has 2 amide bonds. The van der Waals surface area contributed by atoms with Gasteiger partial charge in [0, 0.05) is 36.2 Å². The molecular formula is C22H23ClN4O3. The predicted molar refractivity (Wildman–Crippen MR) is 115 cm³/mol. The van der Waals surface area contributed by atoms with Crippen LogP contribution in [-0.4, -0.2) is 40.4 Å². The summed E-state index contributed by atoms with van der Waals surface area (Å²) < 4.78 is 5.22. The Bertz CT molecular complexity index is 1050. The number of nitrogens with zero attached hydrogens (tertiary/aromatic N) is 3. The molecule has 30 heavy (non-hydrogen) atoms. The number of aryl methyl sites for hydroxylation is 2. The molecule has 3 aromatic rings. The summed E-state index contributed by atoms with van der Waals surface area (Å²) in [6.45, 7) is 3.89. The van der Waals surface area contributed by atoms with Gasteiger partial charge in [-0.2, -0.15) is 4.98 Å². The van der Waals surface area contributed by atoms with Gasteiger partial charge in [0.05, 0.1) is 6.54 Å². The smallest absolute Gasteiger partial charge is 0.243 e. The predicted octanol–water partition coefficient (Wildman–Crippen LogP) is 4.04. The summed E-state index contributed by atoms with van der Waals surface area (Å²) in [7, 11) is 1.60. The molecule has 0 aliphatic carbocycles. The van der Waals surface area contributed by atoms with Crippen molar-refractivity contribution in [3.05, 3.63) is 64.5 Å². The monoisotopic (exact) mass is 426 g/mol. The van der Waals surface area contributed by atoms with E-state index in [1.807, 2.05) is 32.0 Å². The number of carbonyl (C=O) groups is 2. The molecular weight excluding hydrogens is 404 g/mol. The van der Waals surface area contributed by atoms with Gasteiger partial charge in [-0.05, 0) is 55.3 Å². The van der Waals surface area contributed by atoms with Gasteiger partial charge in [0.2, 0.25) is 23.5 Å². The van der Waals surface area contributed by atoms with Gasteiger partial charge in [0.15, 0.2) is 0 Å². The van der Waals surface area contributed by atoms with Crippen LogP contribution in [0.3, 0.4) is 0 Å². The first-order valence-electron chi connectivity index (χ1n) is 9.52. The third-order valence-electron chi connectivity index (χ3n) is 4.81. The van der Waals surface area contributed by atoms with Gasteiger partial charge >= 0.3 is 0 Å². The molecule has 0 atom stereocenters. The maximum absolute atomic E-state index is 12.4. The average Bonchev–Trinajstić information content (AvgIpc) is 3.19. The Morgan fingerprint density at radius 2 is 1.87 bits per heavy atom. The van der Waals surface area contributed by atoms with Crippen LogP contribution in [0, 0.1) is 13.8 Å². The number of carbonyl (C=O) groups excluding carboxylic acids is 2. The summed E-state index contributed by atoms with van der Waals surface area (Å²) in [5.74, 6) is 0.372. The Kier molecular flexibility index (Phi) is 6.84. The lowest BCUT2D eigenvalue weighted by Gasteiger charge is -2.17. The molecule has 156 valence electrons. The van der Waals surface area contributed by atoms with Crippen molar-refractivity contribution in [3.8, 4) is 11.4 Å². The summed E-state index contributed by atoms with van der Waals surface area (Å²) in [5.41, 5.74) is 3.63. The van der Waals surface area contributed by atoms with Crippen LogP contribution in [0.2, 0.25) is 5.02 Å². The molecule has 0 aliphatic rings. The van der Waals surface area contributed by atoms with E-state index in [1.54, 1.807) is 31.3 Å². The summed E-state index contributed by atoms with van der Waals surface area (Å²) in [4.78, 5) is 30.4. The van der Waals surface area contributed by atoms with E-state index < -0.39 is 0 Å². The fraction of sp³-hybridized carbons (Fsp3) is 0.273. The number of benzene rings is 2. The van der Waals surface area contributed by atoms with E-state index in [-0.39, 0.29) is 24.8 Å². The Hall–Kier alpha value is -3.19. The number of hydrogen-bond acceptors (Lipinski definition) is 5. The van der Waals surface area contributed by atoms with Gasteiger partial charge in [-0.3, -0.25) is 9.59 Å². The standard InChI is InChI=1S/C22H23ClN4O3/c1-14-5-4-6-18(15(14)2)24-19(28)13-27(3)21(29)12-11-20-25-22(26-30-20)16-7-9-17(23)10-8-16/h4-10H,11-13H2,1-3H3,(H,24,28). The molecule has 2 aromatic carbocycles. The lowest BCUT2D eigenvalue weighted by molar-refractivity contribution is -0.133. The van der Waals surface area contributed by atoms with Crippen molar-refractivity contribution in [3.63, 3.8) is 0 Å². The topological polar surface area (TPSA) is 88.3 Å². The molecule has 8 heteroatoms. The fourth-order valence-electron chi connectivity index (χ4n) is 2.86. The first-order chi connectivity index (χ1) is 14.3. The van der Waals surface area contributed by atoms with E-state index in [4.69, 9.17) is 16.1 Å². The number of anilines is 1. The minimum absolute atomic E-state index is 0.0356. The molecule has 0 fully saturated rings. The summed E-state index contributed by atoms with van der Waals surface area (Å²) in [6.07, 6.45) is 0.456. The maximum Gasteiger partial charge on any atom is 0.243 e. The third kappa shape index (κ3) is 5.45. The van der Waals surface area contributed by atoms with Crippen LogP contribution in [0.15, 0.2) is 47.0 Å². The summed E-state index contributed by atoms with van der Waals surface area (Å²) in [5, 5.41) is 7.41. The van der Waals surface area contributed by atoms with Crippen LogP contribution >= 0.6 is 11.6 Å². The molecule has 0 spiro atoms. The molecule has 3 rings (SSSR count). The molecule has 0 bridgehead atoms. The van der Waals surface area contributed by atoms with Crippen LogP contribution in [0.25, 0.3) is 11.4 Å². The van der Waals surface area contributed by atoms with E-state index in [9.17, 15) is 9.59 Å². The molecule has 1 aromatic heterocycles. The normalized spacial score (nSPS) is 10.7. The molecule has 1 N–H and O–H groups in total. The van der Waals surface area contributed by atoms with Crippen molar-refractivity contribution in [2.24, 2.45) is 0 Å². The van der Waals surface area contributed by atoms with Crippen LogP contribution in [0.5, 0.6) is 0 Å². The minimum Gasteiger partial charge on any atom is -0.339 e. The Balaban J connectivity index is 1.50. The average molecular weight is 427 g/mol. The Morgan fingerprint density at radius 1 is 1.13 bits per heavy atom. The van der Waals surface area contributed by atoms with E-state index in [2.05, 4.69) is 15.5 Å². The molecule has 0 radical (unpaired) electrons. The van der Waals surface area contributed by atoms with Crippen molar-refractivity contribution >= 4 is 29.1 Å². The van der Waals surface area contributed by atoms with Crippen LogP contribution in [-0.2, 0) is 16.0 Å². The lowest BCUT2D eigenvalue weighted by atomic mass is 10.1. The number of nitrogens with one attached hydrogen (secondary N) is 1. The molecule has 7 nitrogen and oxygen atoms in total. The number of amides is 2. The lowest BCUT2D eigenvalue weighted by Crippen LogP contribution is -2.35. The number of halogens is 1. The fourth-order valence-corrected chi connectivity index (χ4v) is 2.98. The van der Waals surface area contributed by atoms with E-state index in [0.717, 1.165) is 22.4 Å². The van der Waals surface area contributed by atoms with Gasteiger partial charge in [0.1, 0.15) is 0 Å². The Labute approximate surface area is 180 Å². The van der Waals surface area contributed by atoms with E-state index in [0.29, 0.717) is 23.2 Å². The summed E-state index contributed by atoms with van der Waals surface area (Å²) in [6, 6.07) is 12.8. The Morgan fingerprint density at radius 3 is 2.60 bits per heavy atom. The maximum atomic E-state index is 12.4. The quantitative estimate of drug-likeness (QED) is 0.616. The third-order valence-corrected chi connectivity index (χ3v) is 5.06. The molecule has 0 aliphatic heterocycles. The zero-order valence-corrected chi connectivity index (χ0v) is 17.9. The van der Waals surface area contributed by atoms with Crippen LogP contribution in [0.4, 0.5) is 5.69 Å². The first-order valence-corrected chi connectivity index (χ1v) is 9.90. The van der Waals surface area contributed by atoms with Gasteiger partial charge < -0.3 is 14.7 Å². The zero-order valence-electron chi connectivity index (χ0n) is 17.1. The van der Waals surface area contributed by atoms with Gasteiger partial charge in [0.25, 0.3) is 0 Å². The largest absolute Gasteiger partial charge is 0.339 e. The van der Waals surface area contributed by atoms with Crippen molar-refractivity contribution in [2.45, 2.75) is 26.7 Å². The van der Waals surface area contributed by atoms with Gasteiger partial charge in [-0.25, -0.2) is 0 Å². The number of likely N-dealkylation sites (N-methyl/N-ethyl adjacent to an activating group) is 1. The second-order valence-corrected chi connectivity index (χ2v) is 7.50. The highest BCUT2D eigenvalue weighted by Crippen LogP contribution is 2.19. The molecule has 0 saturated heterocycles. The number of aromatic nitrogens is 2. The second-order valence-electron chi connectivity index (χ2n) is 7.06. The molecule has 0 saturated carbocycles. The molecule has 0 unspecified atom stereocenters. The number of hydrogen-bond donors (Lipinski definition) is 1. The molecule has 1 heterocycles. The van der Waals surface area contributed by atoms with Crippen molar-refractivity contribution in [1.29, 1.82) is 0 Å². The van der Waals surface area contributed by atoms with Gasteiger partial charge in [-0.15, -0.1) is 0 Å². The highest BCUT2D eigenvalue weighted by molar-refractivity contribution is 6.30. The van der Waals surface area contributed by atoms with Crippen molar-refractivity contribution in [2.75, 3.05) is 18.9 Å². The number of rotatable bonds is 7. The van der Waals surface area contributed by atoms with Gasteiger partial charge in [-0.1, -0.05) is 28.9 Å². The van der Waals surface area contributed by atoms with Crippen molar-refractivity contribution < 1.29 is 14.1 Å².